The summed E-state index contributed by atoms with van der Waals surface area (Å²) < 4.78 is 9.01. The van der Waals surface area contributed by atoms with E-state index in [2.05, 4.69) is 95.2 Å². The summed E-state index contributed by atoms with van der Waals surface area (Å²) in [6, 6.07) is 0. The van der Waals surface area contributed by atoms with Gasteiger partial charge in [0.1, 0.15) is 0 Å². The molecule has 2 heterocycles. The number of aliphatic hydroxyl groups is 1. The monoisotopic (exact) mass is 555 g/mol. The van der Waals surface area contributed by atoms with Gasteiger partial charge in [-0.25, -0.2) is 0 Å². The quantitative estimate of drug-likeness (QED) is 0.279. The average Bonchev–Trinajstić information content (AvgIpc) is 2.72. The van der Waals surface area contributed by atoms with Crippen LogP contribution in [0.2, 0.25) is 0 Å². The molecule has 0 aromatic heterocycles. The average molecular weight is 555 g/mol. The summed E-state index contributed by atoms with van der Waals surface area (Å²) in [6.07, 6.45) is 12.0. The van der Waals surface area contributed by atoms with Crippen molar-refractivity contribution in [3.63, 3.8) is 0 Å². The van der Waals surface area contributed by atoms with E-state index in [1.807, 2.05) is 18.2 Å². The number of carbonyl (C=O) groups excluding carboxylic acids is 1. The Morgan fingerprint density at radius 3 is 1.67 bits per heavy atom. The Labute approximate surface area is 224 Å². The Kier molecular flexibility index (Phi) is 7.34. The van der Waals surface area contributed by atoms with Crippen LogP contribution in [0.3, 0.4) is 0 Å². The fourth-order valence-corrected chi connectivity index (χ4v) is 6.33. The molecule has 3 rings (SSSR count). The van der Waals surface area contributed by atoms with Crippen LogP contribution in [0, 0.1) is 21.7 Å². The van der Waals surface area contributed by atoms with Crippen LogP contribution in [0.5, 0.6) is 0 Å². The number of Topliss-reactive ketones (excluding diaryl/α,β-unsaturated/α-hetero) is 1. The summed E-state index contributed by atoms with van der Waals surface area (Å²) >= 11 is 0.271. The summed E-state index contributed by atoms with van der Waals surface area (Å²) in [6.45, 7) is 26.1. The summed E-state index contributed by atoms with van der Waals surface area (Å²) in [5, 5.41) is 10.9. The molecule has 195 valence electrons. The van der Waals surface area contributed by atoms with Gasteiger partial charge in [0.2, 0.25) is 0 Å². The Morgan fingerprint density at radius 1 is 0.722 bits per heavy atom. The van der Waals surface area contributed by atoms with Crippen molar-refractivity contribution in [2.75, 3.05) is 0 Å². The van der Waals surface area contributed by atoms with Crippen molar-refractivity contribution in [1.29, 1.82) is 0 Å². The Bertz CT molecular complexity index is 1180. The molecule has 0 saturated heterocycles. The van der Waals surface area contributed by atoms with Crippen molar-refractivity contribution < 1.29 is 14.6 Å². The third kappa shape index (κ3) is 6.21. The van der Waals surface area contributed by atoms with E-state index in [0.717, 1.165) is 22.7 Å². The van der Waals surface area contributed by atoms with E-state index in [1.165, 1.54) is 8.89 Å². The van der Waals surface area contributed by atoms with Gasteiger partial charge in [-0.05, 0) is 0 Å². The van der Waals surface area contributed by atoms with Gasteiger partial charge < -0.3 is 0 Å². The van der Waals surface area contributed by atoms with Gasteiger partial charge in [0.15, 0.2) is 0 Å². The second kappa shape index (κ2) is 9.30. The number of hydrogen-bond donors (Lipinski definition) is 1. The molecule has 1 aliphatic carbocycles. The minimum absolute atomic E-state index is 0.0584. The fraction of sp³-hybridized carbons (Fsp3) is 0.500. The maximum atomic E-state index is 13.2. The number of ketones is 1. The molecule has 36 heavy (non-hydrogen) atoms. The molecular weight excluding hydrogens is 511 g/mol. The molecule has 0 atom stereocenters. The zero-order valence-corrected chi connectivity index (χ0v) is 25.8. The van der Waals surface area contributed by atoms with Crippen LogP contribution in [-0.2, 0) is 9.53 Å². The van der Waals surface area contributed by atoms with E-state index in [4.69, 9.17) is 4.74 Å². The number of carbonyl (C=O) groups is 1. The SMILES string of the molecule is CC(C)(C)C1=CC(=CC2=C(O)C(=CC3=CC(C(C)(C)C)=[Se]C(C(C)(C)C)=C3)C2=O)C=C(C(C)(C)C)O1. The molecule has 0 bridgehead atoms. The normalized spacial score (nSPS) is 20.8. The zero-order chi connectivity index (χ0) is 27.4. The summed E-state index contributed by atoms with van der Waals surface area (Å²) in [5.74, 6) is 1.64. The van der Waals surface area contributed by atoms with Crippen molar-refractivity contribution in [3.05, 3.63) is 80.5 Å². The predicted octanol–water partition coefficient (Wildman–Crippen LogP) is 7.92. The second-order valence-electron chi connectivity index (χ2n) is 14.0. The number of allylic oxidation sites excluding steroid dienone is 13. The zero-order valence-electron chi connectivity index (χ0n) is 24.1. The molecule has 0 saturated carbocycles. The van der Waals surface area contributed by atoms with Gasteiger partial charge in [-0.2, -0.15) is 0 Å². The van der Waals surface area contributed by atoms with E-state index in [0.29, 0.717) is 11.1 Å². The van der Waals surface area contributed by atoms with Gasteiger partial charge in [-0.15, -0.1) is 0 Å². The molecule has 0 spiro atoms. The number of ether oxygens (including phenoxy) is 1. The van der Waals surface area contributed by atoms with Gasteiger partial charge in [0.05, 0.1) is 0 Å². The molecule has 0 aromatic rings. The molecule has 0 unspecified atom stereocenters. The summed E-state index contributed by atoms with van der Waals surface area (Å²) in [7, 11) is 0. The van der Waals surface area contributed by atoms with E-state index in [1.54, 1.807) is 6.08 Å². The van der Waals surface area contributed by atoms with Gasteiger partial charge in [0, 0.05) is 0 Å². The smallest absolute Gasteiger partial charge is 0.0530 e. The molecule has 0 fully saturated rings. The van der Waals surface area contributed by atoms with Crippen LogP contribution in [-0.4, -0.2) is 29.8 Å². The molecule has 3 nitrogen and oxygen atoms in total. The number of aliphatic hydroxyl groups excluding tert-OH is 1. The first kappa shape index (κ1) is 28.4. The van der Waals surface area contributed by atoms with Crippen molar-refractivity contribution in [2.24, 2.45) is 21.7 Å². The van der Waals surface area contributed by atoms with Gasteiger partial charge >= 0.3 is 183 Å². The van der Waals surface area contributed by atoms with Gasteiger partial charge in [0.25, 0.3) is 0 Å². The van der Waals surface area contributed by atoms with Crippen LogP contribution in [0.1, 0.15) is 83.1 Å². The minimum Gasteiger partial charge on any atom is -0.0530 e. The molecular formula is C32H43O3Se. The van der Waals surface area contributed by atoms with Gasteiger partial charge in [-0.3, -0.25) is 0 Å². The third-order valence-electron chi connectivity index (χ3n) is 6.21. The number of rotatable bonds is 2. The first-order chi connectivity index (χ1) is 16.2. The summed E-state index contributed by atoms with van der Waals surface area (Å²) in [4.78, 5) is 13.2. The van der Waals surface area contributed by atoms with E-state index in [-0.39, 0.29) is 47.7 Å². The topological polar surface area (TPSA) is 46.5 Å². The molecule has 1 N–H and O–H groups in total. The van der Waals surface area contributed by atoms with Crippen LogP contribution < -0.4 is 0 Å². The van der Waals surface area contributed by atoms with E-state index in [9.17, 15) is 9.90 Å². The summed E-state index contributed by atoms with van der Waals surface area (Å²) in [5.41, 5.74) is 2.34. The molecule has 2 aliphatic heterocycles. The van der Waals surface area contributed by atoms with Crippen LogP contribution in [0.4, 0.5) is 0 Å². The molecule has 0 amide bonds. The molecule has 4 heteroatoms. The first-order valence-corrected chi connectivity index (χ1v) is 14.4. The second-order valence-corrected chi connectivity index (χ2v) is 16.3. The first-order valence-electron chi connectivity index (χ1n) is 12.7. The standard InChI is InChI=1S/C32H43O3Se/c1-29(2,3)23-15-19(16-24(35-23)30(4,5)6)13-21-27(33)22(28(21)34)14-20-17-25(31(7,8)9)36-26(18-20)32(10,11)12/h13-18,33H,1-12H3. The van der Waals surface area contributed by atoms with E-state index < -0.39 is 0 Å². The number of hydrogen-bond acceptors (Lipinski definition) is 3. The molecule has 3 aliphatic rings. The van der Waals surface area contributed by atoms with Crippen molar-refractivity contribution in [1.82, 2.24) is 0 Å². The Morgan fingerprint density at radius 2 is 1.25 bits per heavy atom. The Hall–Kier alpha value is -2.16. The third-order valence-corrected chi connectivity index (χ3v) is 10.2. The fourth-order valence-electron chi connectivity index (χ4n) is 3.73. The van der Waals surface area contributed by atoms with Crippen LogP contribution in [0.15, 0.2) is 80.5 Å². The van der Waals surface area contributed by atoms with Crippen molar-refractivity contribution in [3.8, 4) is 0 Å². The molecule has 0 aromatic carbocycles. The predicted molar refractivity (Wildman–Crippen MR) is 153 cm³/mol. The van der Waals surface area contributed by atoms with Crippen molar-refractivity contribution >= 4 is 24.7 Å². The van der Waals surface area contributed by atoms with Crippen LogP contribution >= 0.6 is 0 Å². The van der Waals surface area contributed by atoms with Crippen molar-refractivity contribution in [2.45, 2.75) is 83.1 Å². The Balaban J connectivity index is 2.04. The van der Waals surface area contributed by atoms with Gasteiger partial charge in [-0.1, -0.05) is 41.5 Å². The van der Waals surface area contributed by atoms with E-state index >= 15 is 0 Å². The minimum atomic E-state index is -0.178. The van der Waals surface area contributed by atoms with Crippen LogP contribution in [0.25, 0.3) is 0 Å². The molecule has 1 radical (unpaired) electrons. The maximum absolute atomic E-state index is 13.2.